The zero-order valence-electron chi connectivity index (χ0n) is 13.0. The molecule has 138 valence electrons. The third kappa shape index (κ3) is 7.95. The number of carbonyl (C=O) groups is 1. The summed E-state index contributed by atoms with van der Waals surface area (Å²) in [6.07, 6.45) is -4.55. The summed E-state index contributed by atoms with van der Waals surface area (Å²) in [6.45, 7) is 1.70. The smallest absolute Gasteiger partial charge is 0.343 e. The van der Waals surface area contributed by atoms with Crippen molar-refractivity contribution in [3.63, 3.8) is 0 Å². The Morgan fingerprint density at radius 2 is 1.79 bits per heavy atom. The van der Waals surface area contributed by atoms with Gasteiger partial charge in [-0.05, 0) is 32.0 Å². The van der Waals surface area contributed by atoms with Gasteiger partial charge in [0.15, 0.2) is 0 Å². The van der Waals surface area contributed by atoms with Gasteiger partial charge in [0, 0.05) is 17.6 Å². The van der Waals surface area contributed by atoms with Gasteiger partial charge in [-0.15, -0.1) is 12.4 Å². The second kappa shape index (κ2) is 8.15. The summed E-state index contributed by atoms with van der Waals surface area (Å²) in [4.78, 5) is 11.4. The molecule has 0 saturated heterocycles. The highest BCUT2D eigenvalue weighted by atomic mass is 35.5. The topological polar surface area (TPSA) is 101 Å². The van der Waals surface area contributed by atoms with E-state index in [2.05, 4.69) is 4.72 Å². The number of hydrogen-bond acceptors (Lipinski definition) is 4. The lowest BCUT2D eigenvalue weighted by atomic mass is 10.1. The van der Waals surface area contributed by atoms with E-state index >= 15 is 0 Å². The van der Waals surface area contributed by atoms with Crippen LogP contribution in [0.2, 0.25) is 0 Å². The van der Waals surface area contributed by atoms with Crippen LogP contribution in [-0.2, 0) is 10.0 Å². The van der Waals surface area contributed by atoms with Crippen molar-refractivity contribution >= 4 is 28.3 Å². The van der Waals surface area contributed by atoms with Crippen LogP contribution in [0.15, 0.2) is 29.2 Å². The van der Waals surface area contributed by atoms with Gasteiger partial charge in [-0.3, -0.25) is 4.79 Å². The molecule has 0 fully saturated rings. The SMILES string of the molecule is CC(C)(N)CNS(=O)(=O)c1cccc(C(=O)NCC(F)(F)F)c1.Cl. The van der Waals surface area contributed by atoms with Crippen LogP contribution < -0.4 is 15.8 Å². The van der Waals surface area contributed by atoms with Crippen LogP contribution in [0.3, 0.4) is 0 Å². The van der Waals surface area contributed by atoms with Crippen LogP contribution in [0.5, 0.6) is 0 Å². The number of halogens is 4. The fourth-order valence-electron chi connectivity index (χ4n) is 1.45. The summed E-state index contributed by atoms with van der Waals surface area (Å²) in [6, 6.07) is 4.71. The third-order valence-corrected chi connectivity index (χ3v) is 3.97. The molecule has 0 aliphatic heterocycles. The quantitative estimate of drug-likeness (QED) is 0.684. The number of alkyl halides is 3. The molecule has 0 aliphatic carbocycles. The average Bonchev–Trinajstić information content (AvgIpc) is 2.41. The van der Waals surface area contributed by atoms with E-state index in [4.69, 9.17) is 5.73 Å². The van der Waals surface area contributed by atoms with E-state index in [1.54, 1.807) is 19.2 Å². The van der Waals surface area contributed by atoms with E-state index in [0.29, 0.717) is 0 Å². The Kier molecular flexibility index (Phi) is 7.68. The predicted molar refractivity (Wildman–Crippen MR) is 85.5 cm³/mol. The fraction of sp³-hybridized carbons (Fsp3) is 0.462. The molecule has 1 aromatic rings. The Balaban J connectivity index is 0.00000529. The minimum Gasteiger partial charge on any atom is -0.343 e. The first kappa shape index (κ1) is 22.6. The highest BCUT2D eigenvalue weighted by Gasteiger charge is 2.28. The molecule has 0 bridgehead atoms. The van der Waals surface area contributed by atoms with Crippen molar-refractivity contribution in [2.45, 2.75) is 30.5 Å². The zero-order chi connectivity index (χ0) is 17.9. The van der Waals surface area contributed by atoms with E-state index in [-0.39, 0.29) is 29.4 Å². The van der Waals surface area contributed by atoms with Crippen LogP contribution in [-0.4, -0.2) is 39.1 Å². The molecule has 0 atom stereocenters. The van der Waals surface area contributed by atoms with Crippen molar-refractivity contribution < 1.29 is 26.4 Å². The molecule has 11 heteroatoms. The minimum atomic E-state index is -4.55. The number of hydrogen-bond donors (Lipinski definition) is 3. The predicted octanol–water partition coefficient (Wildman–Crippen LogP) is 1.42. The first-order valence-corrected chi connectivity index (χ1v) is 8.02. The van der Waals surface area contributed by atoms with E-state index in [9.17, 15) is 26.4 Å². The molecule has 0 aromatic heterocycles. The molecule has 24 heavy (non-hydrogen) atoms. The maximum Gasteiger partial charge on any atom is 0.405 e. The summed E-state index contributed by atoms with van der Waals surface area (Å²) in [7, 11) is -3.93. The van der Waals surface area contributed by atoms with E-state index in [1.165, 1.54) is 18.2 Å². The number of amides is 1. The van der Waals surface area contributed by atoms with Crippen molar-refractivity contribution in [2.75, 3.05) is 13.1 Å². The normalized spacial score (nSPS) is 12.4. The lowest BCUT2D eigenvalue weighted by molar-refractivity contribution is -0.123. The van der Waals surface area contributed by atoms with Crippen molar-refractivity contribution in [3.8, 4) is 0 Å². The molecule has 0 radical (unpaired) electrons. The van der Waals surface area contributed by atoms with Gasteiger partial charge < -0.3 is 11.1 Å². The summed E-state index contributed by atoms with van der Waals surface area (Å²) < 4.78 is 62.7. The highest BCUT2D eigenvalue weighted by molar-refractivity contribution is 7.89. The number of nitrogens with one attached hydrogen (secondary N) is 2. The number of rotatable bonds is 6. The Labute approximate surface area is 144 Å². The Morgan fingerprint density at radius 3 is 2.29 bits per heavy atom. The maximum absolute atomic E-state index is 12.1. The number of carbonyl (C=O) groups excluding carboxylic acids is 1. The van der Waals surface area contributed by atoms with Crippen LogP contribution >= 0.6 is 12.4 Å². The average molecular weight is 390 g/mol. The Bertz CT molecular complexity index is 673. The molecule has 0 aliphatic rings. The van der Waals surface area contributed by atoms with E-state index in [1.807, 2.05) is 0 Å². The minimum absolute atomic E-state index is 0. The number of benzene rings is 1. The third-order valence-electron chi connectivity index (χ3n) is 2.57. The molecule has 0 unspecified atom stereocenters. The fourth-order valence-corrected chi connectivity index (χ4v) is 2.72. The Morgan fingerprint density at radius 1 is 1.21 bits per heavy atom. The monoisotopic (exact) mass is 389 g/mol. The van der Waals surface area contributed by atoms with Gasteiger partial charge in [-0.1, -0.05) is 6.07 Å². The van der Waals surface area contributed by atoms with Crippen LogP contribution in [0.4, 0.5) is 13.2 Å². The second-order valence-electron chi connectivity index (χ2n) is 5.64. The van der Waals surface area contributed by atoms with Crippen molar-refractivity contribution in [2.24, 2.45) is 5.73 Å². The highest BCUT2D eigenvalue weighted by Crippen LogP contribution is 2.14. The van der Waals surface area contributed by atoms with Crippen molar-refractivity contribution in [3.05, 3.63) is 29.8 Å². The van der Waals surface area contributed by atoms with Gasteiger partial charge in [0.25, 0.3) is 5.91 Å². The van der Waals surface area contributed by atoms with Gasteiger partial charge in [-0.25, -0.2) is 13.1 Å². The molecule has 1 aromatic carbocycles. The Hall–Kier alpha value is -1.36. The van der Waals surface area contributed by atoms with E-state index < -0.39 is 34.2 Å². The standard InChI is InChI=1S/C13H18F3N3O3S.ClH/c1-12(2,17)7-19-23(21,22)10-5-3-4-9(6-10)11(20)18-8-13(14,15)16;/h3-6,19H,7-8,17H2,1-2H3,(H,18,20);1H. The molecule has 1 rings (SSSR count). The van der Waals surface area contributed by atoms with Crippen LogP contribution in [0, 0.1) is 0 Å². The second-order valence-corrected chi connectivity index (χ2v) is 7.41. The van der Waals surface area contributed by atoms with Gasteiger partial charge in [0.05, 0.1) is 4.90 Å². The lowest BCUT2D eigenvalue weighted by Crippen LogP contribution is -2.45. The lowest BCUT2D eigenvalue weighted by Gasteiger charge is -2.19. The van der Waals surface area contributed by atoms with Crippen LogP contribution in [0.1, 0.15) is 24.2 Å². The molecule has 1 amide bonds. The van der Waals surface area contributed by atoms with Gasteiger partial charge in [0.2, 0.25) is 10.0 Å². The molecule has 6 nitrogen and oxygen atoms in total. The summed E-state index contributed by atoms with van der Waals surface area (Å²) in [5.41, 5.74) is 4.71. The molecule has 0 heterocycles. The molecular formula is C13H19ClF3N3O3S. The zero-order valence-corrected chi connectivity index (χ0v) is 14.6. The molecular weight excluding hydrogens is 371 g/mol. The molecule has 4 N–H and O–H groups in total. The number of sulfonamides is 1. The van der Waals surface area contributed by atoms with Gasteiger partial charge in [-0.2, -0.15) is 13.2 Å². The number of nitrogens with two attached hydrogens (primary N) is 1. The maximum atomic E-state index is 12.1. The summed E-state index contributed by atoms with van der Waals surface area (Å²) in [5.74, 6) is -1.02. The van der Waals surface area contributed by atoms with Crippen molar-refractivity contribution in [1.29, 1.82) is 0 Å². The first-order valence-electron chi connectivity index (χ1n) is 6.54. The first-order chi connectivity index (χ1) is 10.3. The van der Waals surface area contributed by atoms with Gasteiger partial charge in [0.1, 0.15) is 6.54 Å². The largest absolute Gasteiger partial charge is 0.405 e. The molecule has 0 spiro atoms. The van der Waals surface area contributed by atoms with Gasteiger partial charge >= 0.3 is 6.18 Å². The van der Waals surface area contributed by atoms with E-state index in [0.717, 1.165) is 6.07 Å². The summed E-state index contributed by atoms with van der Waals surface area (Å²) >= 11 is 0. The van der Waals surface area contributed by atoms with Crippen LogP contribution in [0.25, 0.3) is 0 Å². The van der Waals surface area contributed by atoms with Crippen molar-refractivity contribution in [1.82, 2.24) is 10.0 Å². The summed E-state index contributed by atoms with van der Waals surface area (Å²) in [5, 5.41) is 1.67. The molecule has 0 saturated carbocycles.